The summed E-state index contributed by atoms with van der Waals surface area (Å²) in [5, 5.41) is 11.3. The maximum Gasteiger partial charge on any atom is 0.302 e. The van der Waals surface area contributed by atoms with Gasteiger partial charge in [-0.2, -0.15) is 0 Å². The lowest BCUT2D eigenvalue weighted by Crippen LogP contribution is -2.54. The first-order valence-corrected chi connectivity index (χ1v) is 10.9. The molecule has 0 spiro atoms. The second kappa shape index (κ2) is 7.06. The first-order valence-electron chi connectivity index (χ1n) is 10.9. The van der Waals surface area contributed by atoms with Gasteiger partial charge in [-0.05, 0) is 65.9 Å². The number of hydrogen-bond acceptors (Lipinski definition) is 6. The molecule has 0 saturated heterocycles. The predicted octanol–water partition coefficient (Wildman–Crippen LogP) is 3.81. The topological polar surface area (TPSA) is 95.7 Å². The van der Waals surface area contributed by atoms with Gasteiger partial charge >= 0.3 is 11.9 Å². The summed E-state index contributed by atoms with van der Waals surface area (Å²) in [6.07, 6.45) is 3.25. The van der Waals surface area contributed by atoms with Gasteiger partial charge in [-0.15, -0.1) is 0 Å². The van der Waals surface area contributed by atoms with Crippen LogP contribution >= 0.6 is 0 Å². The Morgan fingerprint density at radius 1 is 0.967 bits per heavy atom. The van der Waals surface area contributed by atoms with Gasteiger partial charge in [-0.25, -0.2) is 0 Å². The van der Waals surface area contributed by atoms with E-state index in [9.17, 15) is 19.7 Å². The van der Waals surface area contributed by atoms with Gasteiger partial charge in [0.2, 0.25) is 0 Å². The Hall–Kier alpha value is -2.44. The first-order chi connectivity index (χ1) is 14.4. The molecule has 7 nitrogen and oxygen atoms in total. The number of hydrogen-bond donors (Lipinski definition) is 0. The number of esters is 2. The number of rotatable bonds is 5. The summed E-state index contributed by atoms with van der Waals surface area (Å²) in [7, 11) is 0. The van der Waals surface area contributed by atoms with E-state index in [1.165, 1.54) is 19.4 Å². The van der Waals surface area contributed by atoms with Crippen LogP contribution < -0.4 is 0 Å². The van der Waals surface area contributed by atoms with Gasteiger partial charge in [0.1, 0.15) is 0 Å². The van der Waals surface area contributed by atoms with Crippen molar-refractivity contribution in [3.8, 4) is 0 Å². The van der Waals surface area contributed by atoms with Crippen LogP contribution in [0.3, 0.4) is 0 Å². The van der Waals surface area contributed by atoms with Crippen LogP contribution in [0.25, 0.3) is 0 Å². The molecule has 30 heavy (non-hydrogen) atoms. The monoisotopic (exact) mass is 413 g/mol. The van der Waals surface area contributed by atoms with E-state index >= 15 is 0 Å². The van der Waals surface area contributed by atoms with Crippen molar-refractivity contribution < 1.29 is 24.0 Å². The summed E-state index contributed by atoms with van der Waals surface area (Å²) in [4.78, 5) is 34.0. The van der Waals surface area contributed by atoms with E-state index in [2.05, 4.69) is 0 Å². The minimum atomic E-state index is -0.310. The molecule has 7 heteroatoms. The lowest BCUT2D eigenvalue weighted by atomic mass is 9.47. The van der Waals surface area contributed by atoms with Gasteiger partial charge in [0.15, 0.2) is 0 Å². The summed E-state index contributed by atoms with van der Waals surface area (Å²) in [5.74, 6) is 2.41. The molecule has 0 radical (unpaired) electrons. The molecular formula is C23H27NO6. The smallest absolute Gasteiger partial charge is 0.302 e. The number of non-ortho nitro benzene ring substituents is 1. The van der Waals surface area contributed by atoms with E-state index in [4.69, 9.17) is 9.47 Å². The van der Waals surface area contributed by atoms with Crippen molar-refractivity contribution in [1.82, 2.24) is 0 Å². The molecule has 5 aliphatic carbocycles. The molecule has 0 aliphatic heterocycles. The number of benzene rings is 1. The summed E-state index contributed by atoms with van der Waals surface area (Å²) in [6, 6.07) is 5.39. The van der Waals surface area contributed by atoms with Crippen LogP contribution in [-0.2, 0) is 19.1 Å². The van der Waals surface area contributed by atoms with E-state index in [1.54, 1.807) is 12.1 Å². The molecule has 0 N–H and O–H groups in total. The summed E-state index contributed by atoms with van der Waals surface area (Å²) < 4.78 is 10.9. The van der Waals surface area contributed by atoms with Gasteiger partial charge < -0.3 is 9.47 Å². The molecule has 160 valence electrons. The molecule has 0 amide bonds. The van der Waals surface area contributed by atoms with E-state index in [0.717, 1.165) is 24.8 Å². The maximum absolute atomic E-state index is 11.5. The fourth-order valence-corrected chi connectivity index (χ4v) is 7.62. The summed E-state index contributed by atoms with van der Waals surface area (Å²) in [5.41, 5.74) is 2.61. The molecule has 4 fully saturated rings. The van der Waals surface area contributed by atoms with Crippen molar-refractivity contribution in [2.24, 2.45) is 35.5 Å². The molecule has 5 aliphatic rings. The maximum atomic E-state index is 11.5. The zero-order valence-corrected chi connectivity index (χ0v) is 17.3. The number of carbonyl (C=O) groups excluding carboxylic acids is 2. The highest BCUT2D eigenvalue weighted by Gasteiger charge is 2.64. The number of nitro benzene ring substituents is 1. The second-order valence-electron chi connectivity index (χ2n) is 9.51. The quantitative estimate of drug-likeness (QED) is 0.414. The Morgan fingerprint density at radius 2 is 1.50 bits per heavy atom. The minimum Gasteiger partial charge on any atom is -0.466 e. The molecule has 4 saturated carbocycles. The molecule has 0 aromatic heterocycles. The third kappa shape index (κ3) is 2.85. The van der Waals surface area contributed by atoms with Crippen LogP contribution in [0, 0.1) is 45.6 Å². The molecule has 0 unspecified atom stereocenters. The van der Waals surface area contributed by atoms with Crippen molar-refractivity contribution in [2.45, 2.75) is 44.9 Å². The van der Waals surface area contributed by atoms with E-state index in [-0.39, 0.29) is 34.4 Å². The van der Waals surface area contributed by atoms with Gasteiger partial charge in [-0.3, -0.25) is 19.7 Å². The lowest BCUT2D eigenvalue weighted by Gasteiger charge is -2.58. The SMILES string of the molecule is CC(=O)OC[C@H]1[C@H](COC(C)=O)[C@@H]2CC[C@H]1[C@@H]1[C@H]2[C@@H]2C[C@H]1c1cc([N+](=O)[O-])ccc12. The molecule has 1 aromatic rings. The Labute approximate surface area is 175 Å². The normalized spacial score (nSPS) is 37.4. The Balaban J connectivity index is 1.49. The highest BCUT2D eigenvalue weighted by molar-refractivity contribution is 5.66. The number of ether oxygens (including phenoxy) is 2. The zero-order valence-electron chi connectivity index (χ0n) is 17.3. The molecule has 6 rings (SSSR count). The fraction of sp³-hybridized carbons (Fsp3) is 0.652. The van der Waals surface area contributed by atoms with Crippen molar-refractivity contribution in [1.29, 1.82) is 0 Å². The third-order valence-electron chi connectivity index (χ3n) is 8.39. The molecular weight excluding hydrogens is 386 g/mol. The highest BCUT2D eigenvalue weighted by atomic mass is 16.6. The van der Waals surface area contributed by atoms with Gasteiger partial charge in [0.05, 0.1) is 18.1 Å². The van der Waals surface area contributed by atoms with Crippen LogP contribution in [0.2, 0.25) is 0 Å². The lowest BCUT2D eigenvalue weighted by molar-refractivity contribution is -0.385. The summed E-state index contributed by atoms with van der Waals surface area (Å²) in [6.45, 7) is 3.62. The van der Waals surface area contributed by atoms with E-state index < -0.39 is 0 Å². The van der Waals surface area contributed by atoms with E-state index in [1.807, 2.05) is 6.07 Å². The van der Waals surface area contributed by atoms with Crippen LogP contribution in [0.4, 0.5) is 5.69 Å². The average Bonchev–Trinajstić information content (AvgIpc) is 3.29. The first kappa shape index (κ1) is 19.5. The standard InChI is InChI=1S/C23H27NO6/c1-11(25)29-9-20-15-5-6-16(21(20)10-30-12(2)26)23-19-8-18(22(15)23)14-4-3-13(24(27)28)7-17(14)19/h3-4,7,15-16,18-23H,5-6,8-10H2,1-2H3/t15-,16+,18+,19-,20+,21+,22+,23-/m0/s1. The summed E-state index contributed by atoms with van der Waals surface area (Å²) >= 11 is 0. The van der Waals surface area contributed by atoms with E-state index in [0.29, 0.717) is 48.7 Å². The molecule has 8 atom stereocenters. The Kier molecular flexibility index (Phi) is 4.60. The average molecular weight is 413 g/mol. The molecule has 0 heterocycles. The highest BCUT2D eigenvalue weighted by Crippen LogP contribution is 2.71. The van der Waals surface area contributed by atoms with Crippen LogP contribution in [-0.4, -0.2) is 30.1 Å². The van der Waals surface area contributed by atoms with Crippen LogP contribution in [0.1, 0.15) is 56.1 Å². The zero-order chi connectivity index (χ0) is 21.2. The third-order valence-corrected chi connectivity index (χ3v) is 8.39. The molecule has 4 bridgehead atoms. The fourth-order valence-electron chi connectivity index (χ4n) is 7.62. The number of nitrogens with zero attached hydrogens (tertiary/aromatic N) is 1. The second-order valence-corrected chi connectivity index (χ2v) is 9.51. The largest absolute Gasteiger partial charge is 0.466 e. The number of carbonyl (C=O) groups is 2. The van der Waals surface area contributed by atoms with Crippen molar-refractivity contribution in [3.05, 3.63) is 39.4 Å². The Bertz CT molecular complexity index is 913. The van der Waals surface area contributed by atoms with Crippen molar-refractivity contribution >= 4 is 17.6 Å². The van der Waals surface area contributed by atoms with Crippen molar-refractivity contribution in [3.63, 3.8) is 0 Å². The minimum absolute atomic E-state index is 0.169. The Morgan fingerprint density at radius 3 is 2.00 bits per heavy atom. The van der Waals surface area contributed by atoms with Gasteiger partial charge in [0.25, 0.3) is 5.69 Å². The van der Waals surface area contributed by atoms with Crippen LogP contribution in [0.5, 0.6) is 0 Å². The van der Waals surface area contributed by atoms with Gasteiger partial charge in [0, 0.05) is 37.8 Å². The van der Waals surface area contributed by atoms with Gasteiger partial charge in [-0.1, -0.05) is 6.07 Å². The number of fused-ring (bicyclic) bond motifs is 7. The number of nitro groups is 1. The molecule has 1 aromatic carbocycles. The van der Waals surface area contributed by atoms with Crippen LogP contribution in [0.15, 0.2) is 18.2 Å². The van der Waals surface area contributed by atoms with Crippen molar-refractivity contribution in [2.75, 3.05) is 13.2 Å². The predicted molar refractivity (Wildman–Crippen MR) is 107 cm³/mol.